The van der Waals surface area contributed by atoms with Crippen LogP contribution >= 0.6 is 0 Å². The zero-order valence-corrected chi connectivity index (χ0v) is 11.6. The van der Waals surface area contributed by atoms with Gasteiger partial charge in [-0.3, -0.25) is 14.5 Å². The molecule has 0 fully saturated rings. The predicted octanol–water partition coefficient (Wildman–Crippen LogP) is 0.180. The molecule has 6 nitrogen and oxygen atoms in total. The van der Waals surface area contributed by atoms with Crippen molar-refractivity contribution in [2.75, 3.05) is 33.4 Å². The molecule has 106 valence electrons. The number of carbonyl (C=O) groups is 2. The molecule has 0 saturated carbocycles. The Kier molecular flexibility index (Phi) is 8.32. The van der Waals surface area contributed by atoms with Gasteiger partial charge in [-0.25, -0.2) is 0 Å². The van der Waals surface area contributed by atoms with Gasteiger partial charge >= 0.3 is 5.97 Å². The molecule has 0 aliphatic carbocycles. The molecule has 0 radical (unpaired) electrons. The molecule has 0 aliphatic rings. The minimum absolute atomic E-state index is 0.152. The molecule has 0 rings (SSSR count). The Hall–Kier alpha value is -1.14. The summed E-state index contributed by atoms with van der Waals surface area (Å²) in [5, 5.41) is 11.6. The van der Waals surface area contributed by atoms with Crippen LogP contribution in [-0.2, 0) is 14.3 Å². The number of hydrogen-bond acceptors (Lipinski definition) is 4. The number of rotatable bonds is 9. The molecule has 1 atom stereocenters. The Morgan fingerprint density at radius 2 is 1.94 bits per heavy atom. The number of nitrogens with one attached hydrogen (secondary N) is 1. The molecule has 0 aliphatic heterocycles. The summed E-state index contributed by atoms with van der Waals surface area (Å²) in [4.78, 5) is 24.2. The Balaban J connectivity index is 4.37. The lowest BCUT2D eigenvalue weighted by molar-refractivity contribution is -0.140. The van der Waals surface area contributed by atoms with Crippen LogP contribution in [0.2, 0.25) is 0 Å². The Morgan fingerprint density at radius 3 is 2.39 bits per heavy atom. The van der Waals surface area contributed by atoms with E-state index in [1.807, 2.05) is 13.8 Å². The second-order valence-corrected chi connectivity index (χ2v) is 4.67. The van der Waals surface area contributed by atoms with Gasteiger partial charge in [0.05, 0.1) is 19.2 Å². The van der Waals surface area contributed by atoms with E-state index < -0.39 is 12.0 Å². The molecule has 2 N–H and O–H groups in total. The quantitative estimate of drug-likeness (QED) is 0.618. The molecule has 0 heterocycles. The smallest absolute Gasteiger partial charge is 0.317 e. The standard InChI is InChI=1S/C12H24N2O4/c1-9(2)7-13-12(17)10(3)14(5-6-18-4)8-11(15)16/h9-10H,5-8H2,1-4H3,(H,13,17)(H,15,16). The van der Waals surface area contributed by atoms with Crippen LogP contribution in [0.25, 0.3) is 0 Å². The average molecular weight is 260 g/mol. The van der Waals surface area contributed by atoms with E-state index >= 15 is 0 Å². The predicted molar refractivity (Wildman–Crippen MR) is 68.4 cm³/mol. The second kappa shape index (κ2) is 8.88. The summed E-state index contributed by atoms with van der Waals surface area (Å²) in [6, 6.07) is -0.477. The van der Waals surface area contributed by atoms with Gasteiger partial charge in [-0.05, 0) is 12.8 Å². The largest absolute Gasteiger partial charge is 0.480 e. The van der Waals surface area contributed by atoms with Crippen molar-refractivity contribution >= 4 is 11.9 Å². The summed E-state index contributed by atoms with van der Waals surface area (Å²) in [6.07, 6.45) is 0. The van der Waals surface area contributed by atoms with Gasteiger partial charge in [0.25, 0.3) is 0 Å². The monoisotopic (exact) mass is 260 g/mol. The van der Waals surface area contributed by atoms with Crippen LogP contribution < -0.4 is 5.32 Å². The van der Waals surface area contributed by atoms with Crippen LogP contribution in [0.1, 0.15) is 20.8 Å². The van der Waals surface area contributed by atoms with Crippen LogP contribution in [-0.4, -0.2) is 61.3 Å². The molecular formula is C12H24N2O4. The first-order chi connectivity index (χ1) is 8.38. The number of methoxy groups -OCH3 is 1. The third-order valence-corrected chi connectivity index (χ3v) is 2.53. The normalized spacial score (nSPS) is 12.8. The summed E-state index contributed by atoms with van der Waals surface area (Å²) in [5.41, 5.74) is 0. The van der Waals surface area contributed by atoms with Gasteiger partial charge in [-0.15, -0.1) is 0 Å². The van der Waals surface area contributed by atoms with Gasteiger partial charge in [0.1, 0.15) is 0 Å². The molecule has 0 bridgehead atoms. The molecule has 18 heavy (non-hydrogen) atoms. The van der Waals surface area contributed by atoms with Crippen molar-refractivity contribution in [2.24, 2.45) is 5.92 Å². The summed E-state index contributed by atoms with van der Waals surface area (Å²) in [6.45, 7) is 6.95. The molecule has 0 aromatic heterocycles. The maximum Gasteiger partial charge on any atom is 0.317 e. The van der Waals surface area contributed by atoms with Gasteiger partial charge in [0, 0.05) is 20.2 Å². The lowest BCUT2D eigenvalue weighted by atomic mass is 10.2. The van der Waals surface area contributed by atoms with Crippen LogP contribution in [0.5, 0.6) is 0 Å². The molecule has 0 aromatic carbocycles. The highest BCUT2D eigenvalue weighted by molar-refractivity contribution is 5.82. The van der Waals surface area contributed by atoms with Crippen molar-refractivity contribution in [3.63, 3.8) is 0 Å². The molecule has 1 amide bonds. The van der Waals surface area contributed by atoms with Gasteiger partial charge in [-0.1, -0.05) is 13.8 Å². The molecular weight excluding hydrogens is 236 g/mol. The van der Waals surface area contributed by atoms with E-state index in [0.29, 0.717) is 25.6 Å². The number of hydrogen-bond donors (Lipinski definition) is 2. The first kappa shape index (κ1) is 16.9. The first-order valence-electron chi connectivity index (χ1n) is 6.11. The van der Waals surface area contributed by atoms with Crippen molar-refractivity contribution in [1.29, 1.82) is 0 Å². The SMILES string of the molecule is COCCN(CC(=O)O)C(C)C(=O)NCC(C)C. The summed E-state index contributed by atoms with van der Waals surface area (Å²) < 4.78 is 4.92. The van der Waals surface area contributed by atoms with Gasteiger partial charge in [0.2, 0.25) is 5.91 Å². The van der Waals surface area contributed by atoms with E-state index in [2.05, 4.69) is 5.32 Å². The number of amides is 1. The third-order valence-electron chi connectivity index (χ3n) is 2.53. The molecule has 0 aromatic rings. The zero-order valence-electron chi connectivity index (χ0n) is 11.6. The van der Waals surface area contributed by atoms with Crippen molar-refractivity contribution in [2.45, 2.75) is 26.8 Å². The number of carbonyl (C=O) groups excluding carboxylic acids is 1. The Bertz CT molecular complexity index is 269. The second-order valence-electron chi connectivity index (χ2n) is 4.67. The summed E-state index contributed by atoms with van der Waals surface area (Å²) in [7, 11) is 1.54. The molecule has 0 spiro atoms. The molecule has 6 heteroatoms. The number of carboxylic acids is 1. The fourth-order valence-corrected chi connectivity index (χ4v) is 1.41. The maximum absolute atomic E-state index is 11.8. The number of carboxylic acid groups (broad SMARTS) is 1. The zero-order chi connectivity index (χ0) is 14.1. The fourth-order valence-electron chi connectivity index (χ4n) is 1.41. The van der Waals surface area contributed by atoms with E-state index in [9.17, 15) is 9.59 Å². The third kappa shape index (κ3) is 7.24. The average Bonchev–Trinajstić information content (AvgIpc) is 2.29. The van der Waals surface area contributed by atoms with Crippen LogP contribution in [0, 0.1) is 5.92 Å². The van der Waals surface area contributed by atoms with E-state index in [1.54, 1.807) is 18.9 Å². The number of ether oxygens (including phenoxy) is 1. The summed E-state index contributed by atoms with van der Waals surface area (Å²) >= 11 is 0. The van der Waals surface area contributed by atoms with Crippen molar-refractivity contribution in [3.05, 3.63) is 0 Å². The van der Waals surface area contributed by atoms with Crippen molar-refractivity contribution < 1.29 is 19.4 Å². The van der Waals surface area contributed by atoms with Crippen LogP contribution in [0.4, 0.5) is 0 Å². The molecule has 0 saturated heterocycles. The van der Waals surface area contributed by atoms with E-state index in [1.165, 1.54) is 0 Å². The van der Waals surface area contributed by atoms with Gasteiger partial charge in [-0.2, -0.15) is 0 Å². The molecule has 1 unspecified atom stereocenters. The Labute approximate surface area is 108 Å². The first-order valence-corrected chi connectivity index (χ1v) is 6.11. The van der Waals surface area contributed by atoms with E-state index in [0.717, 1.165) is 0 Å². The van der Waals surface area contributed by atoms with Crippen LogP contribution in [0.15, 0.2) is 0 Å². The lowest BCUT2D eigenvalue weighted by Crippen LogP contribution is -2.48. The van der Waals surface area contributed by atoms with Crippen molar-refractivity contribution in [1.82, 2.24) is 10.2 Å². The Morgan fingerprint density at radius 1 is 1.33 bits per heavy atom. The highest BCUT2D eigenvalue weighted by Gasteiger charge is 2.22. The highest BCUT2D eigenvalue weighted by atomic mass is 16.5. The maximum atomic E-state index is 11.8. The minimum atomic E-state index is -0.949. The minimum Gasteiger partial charge on any atom is -0.480 e. The van der Waals surface area contributed by atoms with Crippen LogP contribution in [0.3, 0.4) is 0 Å². The van der Waals surface area contributed by atoms with E-state index in [-0.39, 0.29) is 12.5 Å². The van der Waals surface area contributed by atoms with Gasteiger partial charge in [0.15, 0.2) is 0 Å². The highest BCUT2D eigenvalue weighted by Crippen LogP contribution is 2.00. The number of nitrogens with zero attached hydrogens (tertiary/aromatic N) is 1. The number of aliphatic carboxylic acids is 1. The topological polar surface area (TPSA) is 78.9 Å². The lowest BCUT2D eigenvalue weighted by Gasteiger charge is -2.26. The van der Waals surface area contributed by atoms with Crippen molar-refractivity contribution in [3.8, 4) is 0 Å². The van der Waals surface area contributed by atoms with Gasteiger partial charge < -0.3 is 15.2 Å². The summed E-state index contributed by atoms with van der Waals surface area (Å²) in [5.74, 6) is -0.733. The fraction of sp³-hybridized carbons (Fsp3) is 0.833. The van der Waals surface area contributed by atoms with E-state index in [4.69, 9.17) is 9.84 Å².